The van der Waals surface area contributed by atoms with E-state index >= 15 is 0 Å². The fraction of sp³-hybridized carbons (Fsp3) is 0.727. The molecule has 4 heteroatoms. The molecule has 4 N–H and O–H groups in total. The maximum Gasteiger partial charge on any atom is 0.227 e. The van der Waals surface area contributed by atoms with Crippen LogP contribution in [0.2, 0.25) is 0 Å². The van der Waals surface area contributed by atoms with E-state index in [1.807, 2.05) is 12.2 Å². The third-order valence-electron chi connectivity index (χ3n) is 3.33. The molecule has 0 aromatic carbocycles. The van der Waals surface area contributed by atoms with Gasteiger partial charge in [-0.1, -0.05) is 12.2 Å². The zero-order valence-corrected chi connectivity index (χ0v) is 8.78. The molecule has 0 bridgehead atoms. The number of carbonyl (C=O) groups is 1. The van der Waals surface area contributed by atoms with Crippen LogP contribution in [0.4, 0.5) is 0 Å². The number of hydrogen-bond acceptors (Lipinski definition) is 3. The van der Waals surface area contributed by atoms with Crippen molar-refractivity contribution >= 4 is 5.91 Å². The van der Waals surface area contributed by atoms with Gasteiger partial charge in [-0.2, -0.15) is 0 Å². The van der Waals surface area contributed by atoms with Crippen molar-refractivity contribution in [1.82, 2.24) is 5.32 Å². The number of hydrogen-bond donors (Lipinski definition) is 3. The lowest BCUT2D eigenvalue weighted by atomic mass is 9.80. The molecule has 2 rings (SSSR count). The van der Waals surface area contributed by atoms with Crippen LogP contribution in [0.1, 0.15) is 25.7 Å². The molecule has 0 spiro atoms. The molecule has 1 saturated carbocycles. The smallest absolute Gasteiger partial charge is 0.227 e. The molecule has 0 radical (unpaired) electrons. The van der Waals surface area contributed by atoms with Gasteiger partial charge in [0.05, 0.1) is 11.5 Å². The first-order chi connectivity index (χ1) is 7.09. The van der Waals surface area contributed by atoms with Gasteiger partial charge >= 0.3 is 0 Å². The largest absolute Gasteiger partial charge is 0.388 e. The Bertz CT molecular complexity index is 284. The Morgan fingerprint density at radius 3 is 2.73 bits per heavy atom. The molecule has 0 aromatic rings. The molecule has 2 aliphatic rings. The highest BCUT2D eigenvalue weighted by Crippen LogP contribution is 2.30. The second kappa shape index (κ2) is 3.94. The molecule has 1 fully saturated rings. The van der Waals surface area contributed by atoms with Gasteiger partial charge in [0.2, 0.25) is 5.91 Å². The molecule has 2 atom stereocenters. The second-order valence-electron chi connectivity index (χ2n) is 4.69. The zero-order valence-electron chi connectivity index (χ0n) is 8.78. The average Bonchev–Trinajstić information content (AvgIpc) is 2.58. The van der Waals surface area contributed by atoms with E-state index in [0.717, 1.165) is 19.3 Å². The van der Waals surface area contributed by atoms with Crippen LogP contribution >= 0.6 is 0 Å². The van der Waals surface area contributed by atoms with E-state index in [1.54, 1.807) is 0 Å². The average molecular weight is 210 g/mol. The summed E-state index contributed by atoms with van der Waals surface area (Å²) < 4.78 is 0. The van der Waals surface area contributed by atoms with E-state index in [-0.39, 0.29) is 17.9 Å². The topological polar surface area (TPSA) is 75.4 Å². The number of nitrogens with one attached hydrogen (secondary N) is 1. The minimum Gasteiger partial charge on any atom is -0.388 e. The van der Waals surface area contributed by atoms with E-state index in [2.05, 4.69) is 5.32 Å². The lowest BCUT2D eigenvalue weighted by Crippen LogP contribution is -2.48. The van der Waals surface area contributed by atoms with Gasteiger partial charge in [0.1, 0.15) is 0 Å². The summed E-state index contributed by atoms with van der Waals surface area (Å²) in [4.78, 5) is 11.6. The molecule has 84 valence electrons. The van der Waals surface area contributed by atoms with Crippen LogP contribution in [-0.2, 0) is 4.79 Å². The fourth-order valence-corrected chi connectivity index (χ4v) is 2.07. The third kappa shape index (κ3) is 2.38. The molecule has 1 amide bonds. The fourth-order valence-electron chi connectivity index (χ4n) is 2.07. The predicted octanol–water partition coefficient (Wildman–Crippen LogP) is -0.0790. The predicted molar refractivity (Wildman–Crippen MR) is 57.0 cm³/mol. The van der Waals surface area contributed by atoms with Crippen LogP contribution < -0.4 is 11.1 Å². The highest BCUT2D eigenvalue weighted by molar-refractivity contribution is 5.81. The summed E-state index contributed by atoms with van der Waals surface area (Å²) in [6, 6.07) is 0.00698. The SMILES string of the molecule is NC1C=CC(C(=O)NCC2(O)CCC2)C1. The van der Waals surface area contributed by atoms with Crippen molar-refractivity contribution in [3.05, 3.63) is 12.2 Å². The van der Waals surface area contributed by atoms with Crippen molar-refractivity contribution in [3.8, 4) is 0 Å². The summed E-state index contributed by atoms with van der Waals surface area (Å²) in [6.45, 7) is 0.380. The number of amides is 1. The van der Waals surface area contributed by atoms with Crippen molar-refractivity contribution < 1.29 is 9.90 Å². The molecule has 2 aliphatic carbocycles. The monoisotopic (exact) mass is 210 g/mol. The van der Waals surface area contributed by atoms with E-state index in [1.165, 1.54) is 0 Å². The van der Waals surface area contributed by atoms with Gasteiger partial charge in [-0.15, -0.1) is 0 Å². The number of rotatable bonds is 3. The Labute approximate surface area is 89.5 Å². The normalized spacial score (nSPS) is 32.4. The van der Waals surface area contributed by atoms with Gasteiger partial charge in [-0.25, -0.2) is 0 Å². The molecule has 0 aromatic heterocycles. The van der Waals surface area contributed by atoms with Gasteiger partial charge in [0.15, 0.2) is 0 Å². The molecule has 4 nitrogen and oxygen atoms in total. The third-order valence-corrected chi connectivity index (χ3v) is 3.33. The first kappa shape index (κ1) is 10.6. The van der Waals surface area contributed by atoms with Crippen LogP contribution in [0, 0.1) is 5.92 Å². The van der Waals surface area contributed by atoms with Crippen LogP contribution in [0.15, 0.2) is 12.2 Å². The van der Waals surface area contributed by atoms with Gasteiger partial charge in [-0.3, -0.25) is 4.79 Å². The summed E-state index contributed by atoms with van der Waals surface area (Å²) >= 11 is 0. The van der Waals surface area contributed by atoms with Crippen LogP contribution in [0.5, 0.6) is 0 Å². The minimum atomic E-state index is -0.639. The van der Waals surface area contributed by atoms with Crippen molar-refractivity contribution in [1.29, 1.82) is 0 Å². The Hall–Kier alpha value is -0.870. The van der Waals surface area contributed by atoms with Gasteiger partial charge in [0.25, 0.3) is 0 Å². The molecule has 15 heavy (non-hydrogen) atoms. The van der Waals surface area contributed by atoms with E-state index in [9.17, 15) is 9.90 Å². The maximum absolute atomic E-state index is 11.6. The highest BCUT2D eigenvalue weighted by atomic mass is 16.3. The number of nitrogens with two attached hydrogens (primary N) is 1. The first-order valence-corrected chi connectivity index (χ1v) is 5.53. The van der Waals surface area contributed by atoms with E-state index in [4.69, 9.17) is 5.73 Å². The zero-order chi connectivity index (χ0) is 10.9. The van der Waals surface area contributed by atoms with Crippen LogP contribution in [0.3, 0.4) is 0 Å². The Balaban J connectivity index is 1.75. The summed E-state index contributed by atoms with van der Waals surface area (Å²) in [5.74, 6) is -0.122. The molecular formula is C11H18N2O2. The summed E-state index contributed by atoms with van der Waals surface area (Å²) in [5, 5.41) is 12.6. The summed E-state index contributed by atoms with van der Waals surface area (Å²) in [7, 11) is 0. The highest BCUT2D eigenvalue weighted by Gasteiger charge is 2.35. The van der Waals surface area contributed by atoms with Gasteiger partial charge in [-0.05, 0) is 25.7 Å². The van der Waals surface area contributed by atoms with Gasteiger partial charge < -0.3 is 16.2 Å². The number of carbonyl (C=O) groups excluding carboxylic acids is 1. The standard InChI is InChI=1S/C11H18N2O2/c12-9-3-2-8(6-9)10(14)13-7-11(15)4-1-5-11/h2-3,8-9,15H,1,4-7,12H2,(H,13,14). The second-order valence-corrected chi connectivity index (χ2v) is 4.69. The van der Waals surface area contributed by atoms with Crippen molar-refractivity contribution in [3.63, 3.8) is 0 Å². The van der Waals surface area contributed by atoms with Crippen molar-refractivity contribution in [2.75, 3.05) is 6.54 Å². The van der Waals surface area contributed by atoms with Crippen molar-refractivity contribution in [2.45, 2.75) is 37.3 Å². The number of aliphatic hydroxyl groups is 1. The Morgan fingerprint density at radius 2 is 2.27 bits per heavy atom. The molecular weight excluding hydrogens is 192 g/mol. The van der Waals surface area contributed by atoms with Crippen LogP contribution in [0.25, 0.3) is 0 Å². The molecule has 0 heterocycles. The first-order valence-electron chi connectivity index (χ1n) is 5.53. The maximum atomic E-state index is 11.6. The Morgan fingerprint density at radius 1 is 1.53 bits per heavy atom. The quantitative estimate of drug-likeness (QED) is 0.570. The summed E-state index contributed by atoms with van der Waals surface area (Å²) in [5.41, 5.74) is 5.03. The van der Waals surface area contributed by atoms with E-state index in [0.29, 0.717) is 13.0 Å². The van der Waals surface area contributed by atoms with Gasteiger partial charge in [0, 0.05) is 12.6 Å². The van der Waals surface area contributed by atoms with E-state index < -0.39 is 5.60 Å². The molecule has 2 unspecified atom stereocenters. The minimum absolute atomic E-state index is 0.00698. The Kier molecular flexibility index (Phi) is 2.80. The molecule has 0 saturated heterocycles. The lowest BCUT2D eigenvalue weighted by molar-refractivity contribution is -0.126. The lowest BCUT2D eigenvalue weighted by Gasteiger charge is -2.36. The van der Waals surface area contributed by atoms with Crippen molar-refractivity contribution in [2.24, 2.45) is 11.7 Å². The molecule has 0 aliphatic heterocycles. The van der Waals surface area contributed by atoms with Crippen LogP contribution in [-0.4, -0.2) is 29.2 Å². The summed E-state index contributed by atoms with van der Waals surface area (Å²) in [6.07, 6.45) is 7.05.